The van der Waals surface area contributed by atoms with Crippen molar-refractivity contribution in [1.82, 2.24) is 0 Å². The Balaban J connectivity index is 1.81. The number of carbonyl (C=O) groups excluding carboxylic acids is 1. The molecule has 12 heteroatoms. The quantitative estimate of drug-likeness (QED) is 0.184. The molecule has 0 amide bonds. The topological polar surface area (TPSA) is 103 Å². The number of hydrogen-bond donors (Lipinski definition) is 0. The first-order chi connectivity index (χ1) is 16.1. The minimum atomic E-state index is -3.86. The molecule has 7 nitrogen and oxygen atoms in total. The first-order valence-electron chi connectivity index (χ1n) is 10.2. The Morgan fingerprint density at radius 1 is 1.17 bits per heavy atom. The standard InChI is InChI=1S/C23H21Br3FNO6S/c1-22(2)18(20(23(24,25)26)34-35(3,30)31)19(22)21(29)33-17(12-28)13-9-10-15(27)16(11-13)32-14-7-5-4-6-8-14/h4-11,17-20H,1-3H3/t17-,18+,19-,20-/m0/s1. The van der Waals surface area contributed by atoms with Gasteiger partial charge < -0.3 is 9.47 Å². The first kappa shape index (κ1) is 28.1. The molecule has 0 heterocycles. The third-order valence-corrected chi connectivity index (χ3v) is 7.58. The number of carbonyl (C=O) groups is 1. The number of para-hydroxylation sites is 1. The van der Waals surface area contributed by atoms with E-state index in [0.29, 0.717) is 5.75 Å². The van der Waals surface area contributed by atoms with Crippen LogP contribution in [-0.2, 0) is 23.8 Å². The van der Waals surface area contributed by atoms with Crippen LogP contribution in [-0.4, -0.2) is 28.9 Å². The summed E-state index contributed by atoms with van der Waals surface area (Å²) in [6, 6.07) is 14.2. The molecule has 4 atom stereocenters. The van der Waals surface area contributed by atoms with Gasteiger partial charge in [-0.15, -0.1) is 0 Å². The van der Waals surface area contributed by atoms with E-state index >= 15 is 0 Å². The fourth-order valence-electron chi connectivity index (χ4n) is 3.93. The Hall–Kier alpha value is -1.52. The summed E-state index contributed by atoms with van der Waals surface area (Å²) in [6.45, 7) is 3.54. The van der Waals surface area contributed by atoms with Crippen molar-refractivity contribution >= 4 is 63.9 Å². The van der Waals surface area contributed by atoms with Crippen LogP contribution in [0, 0.1) is 34.4 Å². The van der Waals surface area contributed by atoms with Crippen molar-refractivity contribution in [2.24, 2.45) is 17.3 Å². The highest BCUT2D eigenvalue weighted by Crippen LogP contribution is 2.65. The Bertz CT molecular complexity index is 1240. The average molecular weight is 698 g/mol. The van der Waals surface area contributed by atoms with Gasteiger partial charge in [0.15, 0.2) is 13.7 Å². The Labute approximate surface area is 228 Å². The number of hydrogen-bond acceptors (Lipinski definition) is 7. The summed E-state index contributed by atoms with van der Waals surface area (Å²) in [5.41, 5.74) is -0.472. The number of esters is 1. The maximum Gasteiger partial charge on any atom is 0.311 e. The predicted molar refractivity (Wildman–Crippen MR) is 137 cm³/mol. The molecule has 0 N–H and O–H groups in total. The summed E-state index contributed by atoms with van der Waals surface area (Å²) in [4.78, 5) is 13.1. The van der Waals surface area contributed by atoms with E-state index in [9.17, 15) is 22.9 Å². The lowest BCUT2D eigenvalue weighted by molar-refractivity contribution is -0.149. The van der Waals surface area contributed by atoms with E-state index in [4.69, 9.17) is 13.7 Å². The lowest BCUT2D eigenvalue weighted by atomic mass is 10.1. The van der Waals surface area contributed by atoms with Crippen molar-refractivity contribution in [3.8, 4) is 17.6 Å². The van der Waals surface area contributed by atoms with E-state index < -0.39 is 53.5 Å². The van der Waals surface area contributed by atoms with Crippen molar-refractivity contribution in [2.45, 2.75) is 28.2 Å². The molecule has 1 aliphatic carbocycles. The van der Waals surface area contributed by atoms with Crippen LogP contribution in [0.25, 0.3) is 0 Å². The van der Waals surface area contributed by atoms with E-state index in [1.807, 2.05) is 6.07 Å². The van der Waals surface area contributed by atoms with Gasteiger partial charge in [0.25, 0.3) is 10.1 Å². The van der Waals surface area contributed by atoms with Crippen LogP contribution < -0.4 is 4.74 Å². The van der Waals surface area contributed by atoms with Crippen molar-refractivity contribution in [3.63, 3.8) is 0 Å². The molecule has 2 aromatic rings. The van der Waals surface area contributed by atoms with E-state index in [1.54, 1.807) is 44.2 Å². The summed E-state index contributed by atoms with van der Waals surface area (Å²) in [6.07, 6.45) is -1.44. The van der Waals surface area contributed by atoms with Gasteiger partial charge in [-0.25, -0.2) is 4.39 Å². The fourth-order valence-corrected chi connectivity index (χ4v) is 6.08. The minimum Gasteiger partial charge on any atom is -0.454 e. The van der Waals surface area contributed by atoms with Crippen molar-refractivity contribution in [2.75, 3.05) is 6.26 Å². The van der Waals surface area contributed by atoms with Gasteiger partial charge in [0.1, 0.15) is 17.9 Å². The van der Waals surface area contributed by atoms with Gasteiger partial charge in [-0.1, -0.05) is 85.9 Å². The van der Waals surface area contributed by atoms with E-state index in [1.165, 1.54) is 12.1 Å². The third kappa shape index (κ3) is 6.83. The number of alkyl halides is 3. The fraction of sp³-hybridized carbons (Fsp3) is 0.391. The third-order valence-electron chi connectivity index (χ3n) is 5.67. The molecule has 2 aromatic carbocycles. The number of ether oxygens (including phenoxy) is 2. The number of halogens is 4. The molecule has 188 valence electrons. The van der Waals surface area contributed by atoms with Crippen molar-refractivity contribution in [1.29, 1.82) is 5.26 Å². The van der Waals surface area contributed by atoms with Gasteiger partial charge in [0, 0.05) is 11.5 Å². The molecule has 3 rings (SSSR count). The summed E-state index contributed by atoms with van der Waals surface area (Å²) in [5, 5.41) is 9.68. The van der Waals surface area contributed by atoms with Gasteiger partial charge in [-0.05, 0) is 29.7 Å². The van der Waals surface area contributed by atoms with Crippen LogP contribution in [0.5, 0.6) is 11.5 Å². The molecule has 0 aromatic heterocycles. The van der Waals surface area contributed by atoms with Crippen LogP contribution in [0.4, 0.5) is 4.39 Å². The predicted octanol–water partition coefficient (Wildman–Crippen LogP) is 6.18. The highest BCUT2D eigenvalue weighted by molar-refractivity contribution is 9.39. The smallest absolute Gasteiger partial charge is 0.311 e. The molecule has 1 aliphatic rings. The number of benzene rings is 2. The zero-order valence-electron chi connectivity index (χ0n) is 18.7. The van der Waals surface area contributed by atoms with E-state index in [-0.39, 0.29) is 11.3 Å². The normalized spacial score (nSPS) is 20.9. The average Bonchev–Trinajstić information content (AvgIpc) is 3.32. The van der Waals surface area contributed by atoms with E-state index in [2.05, 4.69) is 47.8 Å². The van der Waals surface area contributed by atoms with Crippen LogP contribution in [0.15, 0.2) is 48.5 Å². The van der Waals surface area contributed by atoms with Gasteiger partial charge >= 0.3 is 5.97 Å². The monoisotopic (exact) mass is 695 g/mol. The molecule has 35 heavy (non-hydrogen) atoms. The SMILES string of the molecule is CC1(C)[C@@H]([C@H](OS(C)(=O)=O)C(Br)(Br)Br)[C@H]1C(=O)O[C@@H](C#N)c1ccc(F)c(Oc2ccccc2)c1. The molecular formula is C23H21Br3FNO6S. The molecule has 0 unspecified atom stereocenters. The van der Waals surface area contributed by atoms with Crippen LogP contribution in [0.2, 0.25) is 0 Å². The van der Waals surface area contributed by atoms with Crippen molar-refractivity contribution in [3.05, 3.63) is 59.9 Å². The number of nitrogens with zero attached hydrogens (tertiary/aromatic N) is 1. The highest BCUT2D eigenvalue weighted by Gasteiger charge is 2.69. The second-order valence-corrected chi connectivity index (χ2v) is 17.2. The second-order valence-electron chi connectivity index (χ2n) is 8.64. The molecule has 0 saturated heterocycles. The first-order valence-corrected chi connectivity index (χ1v) is 14.4. The van der Waals surface area contributed by atoms with Crippen molar-refractivity contribution < 1.29 is 31.3 Å². The number of rotatable bonds is 8. The van der Waals surface area contributed by atoms with Gasteiger partial charge in [0.2, 0.25) is 6.10 Å². The lowest BCUT2D eigenvalue weighted by Gasteiger charge is -2.25. The van der Waals surface area contributed by atoms with E-state index in [0.717, 1.165) is 12.3 Å². The second kappa shape index (κ2) is 10.5. The Kier molecular flexibility index (Phi) is 8.38. The molecule has 1 fully saturated rings. The summed E-state index contributed by atoms with van der Waals surface area (Å²) in [5.74, 6) is -2.42. The summed E-state index contributed by atoms with van der Waals surface area (Å²) < 4.78 is 53.1. The molecule has 0 spiro atoms. The summed E-state index contributed by atoms with van der Waals surface area (Å²) in [7, 11) is -3.86. The van der Waals surface area contributed by atoms with Crippen LogP contribution >= 0.6 is 47.8 Å². The van der Waals surface area contributed by atoms with Gasteiger partial charge in [0.05, 0.1) is 12.2 Å². The Morgan fingerprint density at radius 3 is 2.34 bits per heavy atom. The maximum absolute atomic E-state index is 14.3. The molecular weight excluding hydrogens is 677 g/mol. The van der Waals surface area contributed by atoms with Gasteiger partial charge in [-0.3, -0.25) is 8.98 Å². The Morgan fingerprint density at radius 2 is 1.80 bits per heavy atom. The molecule has 0 aliphatic heterocycles. The van der Waals surface area contributed by atoms with Gasteiger partial charge in [-0.2, -0.15) is 13.7 Å². The number of nitriles is 1. The molecule has 0 radical (unpaired) electrons. The maximum atomic E-state index is 14.3. The molecule has 1 saturated carbocycles. The molecule has 0 bridgehead atoms. The minimum absolute atomic E-state index is 0.126. The zero-order valence-corrected chi connectivity index (χ0v) is 24.3. The van der Waals surface area contributed by atoms with Crippen LogP contribution in [0.1, 0.15) is 25.5 Å². The zero-order chi connectivity index (χ0) is 26.2. The lowest BCUT2D eigenvalue weighted by Crippen LogP contribution is -2.34. The highest BCUT2D eigenvalue weighted by atomic mass is 80.0. The summed E-state index contributed by atoms with van der Waals surface area (Å²) >= 11 is 9.90. The van der Waals surface area contributed by atoms with Crippen LogP contribution in [0.3, 0.4) is 0 Å². The largest absolute Gasteiger partial charge is 0.454 e.